The van der Waals surface area contributed by atoms with E-state index in [1.165, 1.54) is 6.07 Å². The van der Waals surface area contributed by atoms with E-state index in [0.29, 0.717) is 22.1 Å². The SMILES string of the molecule is CCNC(c1cc(C)ccc1F)c1ccc(Br)c(Cl)c1F. The van der Waals surface area contributed by atoms with Gasteiger partial charge in [0.2, 0.25) is 0 Å². The number of benzene rings is 2. The molecular weight excluding hydrogens is 360 g/mol. The van der Waals surface area contributed by atoms with Gasteiger partial charge in [-0.05, 0) is 41.5 Å². The van der Waals surface area contributed by atoms with E-state index in [-0.39, 0.29) is 10.8 Å². The zero-order valence-electron chi connectivity index (χ0n) is 11.7. The largest absolute Gasteiger partial charge is 0.306 e. The van der Waals surface area contributed by atoms with Crippen molar-refractivity contribution in [2.45, 2.75) is 19.9 Å². The Balaban J connectivity index is 2.59. The fourth-order valence-electron chi connectivity index (χ4n) is 2.24. The van der Waals surface area contributed by atoms with E-state index >= 15 is 0 Å². The second-order valence-electron chi connectivity index (χ2n) is 4.78. The summed E-state index contributed by atoms with van der Waals surface area (Å²) < 4.78 is 29.0. The third-order valence-electron chi connectivity index (χ3n) is 3.25. The topological polar surface area (TPSA) is 12.0 Å². The van der Waals surface area contributed by atoms with Gasteiger partial charge in [0.1, 0.15) is 11.6 Å². The Morgan fingerprint density at radius 1 is 1.19 bits per heavy atom. The molecule has 0 bridgehead atoms. The van der Waals surface area contributed by atoms with E-state index in [4.69, 9.17) is 11.6 Å². The molecule has 0 aliphatic rings. The average Bonchev–Trinajstić information content (AvgIpc) is 2.46. The van der Waals surface area contributed by atoms with Crippen LogP contribution in [0.2, 0.25) is 5.02 Å². The average molecular weight is 375 g/mol. The maximum atomic E-state index is 14.4. The summed E-state index contributed by atoms with van der Waals surface area (Å²) in [6.07, 6.45) is 0. The van der Waals surface area contributed by atoms with Crippen molar-refractivity contribution in [3.63, 3.8) is 0 Å². The number of aryl methyl sites for hydroxylation is 1. The van der Waals surface area contributed by atoms with Gasteiger partial charge in [-0.25, -0.2) is 8.78 Å². The van der Waals surface area contributed by atoms with E-state index in [1.807, 2.05) is 13.8 Å². The van der Waals surface area contributed by atoms with Crippen LogP contribution in [-0.4, -0.2) is 6.54 Å². The predicted molar refractivity (Wildman–Crippen MR) is 85.8 cm³/mol. The molecule has 0 saturated heterocycles. The van der Waals surface area contributed by atoms with Gasteiger partial charge in [0.15, 0.2) is 0 Å². The molecule has 0 radical (unpaired) electrons. The lowest BCUT2D eigenvalue weighted by Gasteiger charge is -2.21. The molecule has 2 aromatic rings. The van der Waals surface area contributed by atoms with Crippen LogP contribution in [0, 0.1) is 18.6 Å². The maximum absolute atomic E-state index is 14.4. The smallest absolute Gasteiger partial charge is 0.148 e. The molecule has 0 fully saturated rings. The van der Waals surface area contributed by atoms with E-state index in [9.17, 15) is 8.78 Å². The molecule has 1 nitrogen and oxygen atoms in total. The Morgan fingerprint density at radius 3 is 2.57 bits per heavy atom. The van der Waals surface area contributed by atoms with Crippen LogP contribution >= 0.6 is 27.5 Å². The molecule has 2 aromatic carbocycles. The summed E-state index contributed by atoms with van der Waals surface area (Å²) in [5.74, 6) is -0.914. The van der Waals surface area contributed by atoms with Crippen LogP contribution in [0.3, 0.4) is 0 Å². The Morgan fingerprint density at radius 2 is 1.90 bits per heavy atom. The Kier molecular flexibility index (Phi) is 5.36. The highest BCUT2D eigenvalue weighted by molar-refractivity contribution is 9.10. The van der Waals surface area contributed by atoms with Gasteiger partial charge in [0.25, 0.3) is 0 Å². The minimum atomic E-state index is -0.583. The van der Waals surface area contributed by atoms with E-state index in [2.05, 4.69) is 21.2 Å². The van der Waals surface area contributed by atoms with Gasteiger partial charge in [-0.15, -0.1) is 0 Å². The highest BCUT2D eigenvalue weighted by atomic mass is 79.9. The van der Waals surface area contributed by atoms with Crippen LogP contribution < -0.4 is 5.32 Å². The number of hydrogen-bond donors (Lipinski definition) is 1. The summed E-state index contributed by atoms with van der Waals surface area (Å²) in [6, 6.07) is 7.50. The molecule has 0 aromatic heterocycles. The summed E-state index contributed by atoms with van der Waals surface area (Å²) in [7, 11) is 0. The second kappa shape index (κ2) is 6.86. The highest BCUT2D eigenvalue weighted by Crippen LogP contribution is 2.33. The quantitative estimate of drug-likeness (QED) is 0.708. The van der Waals surface area contributed by atoms with Crippen molar-refractivity contribution >= 4 is 27.5 Å². The van der Waals surface area contributed by atoms with Crippen LogP contribution in [0.4, 0.5) is 8.78 Å². The van der Waals surface area contributed by atoms with Crippen molar-refractivity contribution < 1.29 is 8.78 Å². The van der Waals surface area contributed by atoms with Crippen molar-refractivity contribution in [2.75, 3.05) is 6.54 Å². The van der Waals surface area contributed by atoms with Crippen molar-refractivity contribution in [3.05, 3.63) is 68.2 Å². The molecule has 0 spiro atoms. The fraction of sp³-hybridized carbons (Fsp3) is 0.250. The number of hydrogen-bond acceptors (Lipinski definition) is 1. The molecule has 112 valence electrons. The summed E-state index contributed by atoms with van der Waals surface area (Å²) in [4.78, 5) is 0. The lowest BCUT2D eigenvalue weighted by atomic mass is 9.96. The number of rotatable bonds is 4. The lowest BCUT2D eigenvalue weighted by Crippen LogP contribution is -2.24. The standard InChI is InChI=1S/C16H15BrClF2N/c1-3-21-16(11-8-9(2)4-7-13(11)19)10-5-6-12(17)14(18)15(10)20/h4-8,16,21H,3H2,1-2H3. The second-order valence-corrected chi connectivity index (χ2v) is 6.01. The molecule has 0 amide bonds. The minimum absolute atomic E-state index is 0.00321. The molecule has 1 N–H and O–H groups in total. The Bertz CT molecular complexity index is 661. The minimum Gasteiger partial charge on any atom is -0.306 e. The summed E-state index contributed by atoms with van der Waals surface area (Å²) in [5, 5.41) is 3.12. The van der Waals surface area contributed by atoms with Crippen molar-refractivity contribution in [2.24, 2.45) is 0 Å². The molecule has 0 aliphatic heterocycles. The zero-order chi connectivity index (χ0) is 15.6. The molecule has 5 heteroatoms. The normalized spacial score (nSPS) is 12.5. The maximum Gasteiger partial charge on any atom is 0.148 e. The first kappa shape index (κ1) is 16.4. The van der Waals surface area contributed by atoms with Gasteiger partial charge in [-0.1, -0.05) is 42.3 Å². The highest BCUT2D eigenvalue weighted by Gasteiger charge is 2.22. The molecule has 0 heterocycles. The third kappa shape index (κ3) is 3.44. The van der Waals surface area contributed by atoms with Crippen LogP contribution in [0.15, 0.2) is 34.8 Å². The van der Waals surface area contributed by atoms with E-state index < -0.39 is 11.9 Å². The van der Waals surface area contributed by atoms with Crippen molar-refractivity contribution in [1.82, 2.24) is 5.32 Å². The molecule has 1 unspecified atom stereocenters. The molecule has 21 heavy (non-hydrogen) atoms. The first-order chi connectivity index (χ1) is 9.95. The van der Waals surface area contributed by atoms with Gasteiger partial charge in [-0.2, -0.15) is 0 Å². The van der Waals surface area contributed by atoms with Crippen molar-refractivity contribution in [1.29, 1.82) is 0 Å². The first-order valence-corrected chi connectivity index (χ1v) is 7.75. The lowest BCUT2D eigenvalue weighted by molar-refractivity contribution is 0.530. The molecule has 1 atom stereocenters. The fourth-order valence-corrected chi connectivity index (χ4v) is 2.72. The van der Waals surface area contributed by atoms with E-state index in [0.717, 1.165) is 5.56 Å². The zero-order valence-corrected chi connectivity index (χ0v) is 14.0. The van der Waals surface area contributed by atoms with Crippen LogP contribution in [0.25, 0.3) is 0 Å². The summed E-state index contributed by atoms with van der Waals surface area (Å²) in [5.41, 5.74) is 1.65. The van der Waals surface area contributed by atoms with Gasteiger partial charge < -0.3 is 5.32 Å². The molecule has 2 rings (SSSR count). The van der Waals surface area contributed by atoms with E-state index in [1.54, 1.807) is 24.3 Å². The summed E-state index contributed by atoms with van der Waals surface area (Å²) in [6.45, 7) is 4.33. The molecular formula is C16H15BrClF2N. The number of halogens is 4. The molecule has 0 saturated carbocycles. The van der Waals surface area contributed by atoms with Crippen LogP contribution in [-0.2, 0) is 0 Å². The van der Waals surface area contributed by atoms with Gasteiger partial charge in [0, 0.05) is 15.6 Å². The van der Waals surface area contributed by atoms with Crippen LogP contribution in [0.1, 0.15) is 29.7 Å². The third-order valence-corrected chi connectivity index (χ3v) is 4.51. The van der Waals surface area contributed by atoms with Crippen LogP contribution in [0.5, 0.6) is 0 Å². The predicted octanol–water partition coefficient (Wildman–Crippen LogP) is 5.39. The van der Waals surface area contributed by atoms with Gasteiger partial charge >= 0.3 is 0 Å². The molecule has 0 aliphatic carbocycles. The summed E-state index contributed by atoms with van der Waals surface area (Å²) >= 11 is 9.13. The monoisotopic (exact) mass is 373 g/mol. The Hall–Kier alpha value is -0.970. The van der Waals surface area contributed by atoms with Gasteiger partial charge in [0.05, 0.1) is 11.1 Å². The Labute approximate surface area is 136 Å². The van der Waals surface area contributed by atoms with Gasteiger partial charge in [-0.3, -0.25) is 0 Å². The van der Waals surface area contributed by atoms with Crippen molar-refractivity contribution in [3.8, 4) is 0 Å². The first-order valence-electron chi connectivity index (χ1n) is 6.58. The number of nitrogens with one attached hydrogen (secondary N) is 1.